The van der Waals surface area contributed by atoms with E-state index in [-0.39, 0.29) is 6.61 Å². The van der Waals surface area contributed by atoms with Crippen molar-refractivity contribution in [1.29, 1.82) is 5.26 Å². The molecule has 0 saturated carbocycles. The van der Waals surface area contributed by atoms with Crippen molar-refractivity contribution in [3.05, 3.63) is 88.5 Å². The average Bonchev–Trinajstić information content (AvgIpc) is 2.94. The lowest BCUT2D eigenvalue weighted by molar-refractivity contribution is -0.150. The maximum atomic E-state index is 11.8. The Labute approximate surface area is 223 Å². The molecule has 196 valence electrons. The van der Waals surface area contributed by atoms with Crippen LogP contribution in [0.2, 0.25) is 0 Å². The first-order valence-electron chi connectivity index (χ1n) is 12.6. The van der Waals surface area contributed by atoms with Gasteiger partial charge in [-0.25, -0.2) is 0 Å². The van der Waals surface area contributed by atoms with Gasteiger partial charge in [-0.3, -0.25) is 9.69 Å². The van der Waals surface area contributed by atoms with Gasteiger partial charge in [0.2, 0.25) is 0 Å². The molecule has 0 amide bonds. The molecule has 1 saturated heterocycles. The molecule has 3 aromatic carbocycles. The minimum atomic E-state index is -0.895. The van der Waals surface area contributed by atoms with Crippen molar-refractivity contribution in [2.24, 2.45) is 0 Å². The van der Waals surface area contributed by atoms with Crippen LogP contribution < -0.4 is 4.74 Å². The van der Waals surface area contributed by atoms with Crippen molar-refractivity contribution in [1.82, 2.24) is 4.90 Å². The number of rotatable bonds is 10. The van der Waals surface area contributed by atoms with Crippen molar-refractivity contribution >= 4 is 18.1 Å². The molecule has 0 unspecified atom stereocenters. The smallest absolute Gasteiger partial charge is 0.323 e. The molecule has 1 atom stereocenters. The summed E-state index contributed by atoms with van der Waals surface area (Å²) in [5, 5.41) is 19.6. The zero-order valence-corrected chi connectivity index (χ0v) is 21.7. The maximum Gasteiger partial charge on any atom is 0.323 e. The van der Waals surface area contributed by atoms with E-state index in [0.29, 0.717) is 44.2 Å². The third-order valence-corrected chi connectivity index (χ3v) is 6.63. The van der Waals surface area contributed by atoms with Gasteiger partial charge in [0, 0.05) is 31.3 Å². The Hall–Kier alpha value is -3.96. The summed E-state index contributed by atoms with van der Waals surface area (Å²) in [6.45, 7) is 4.45. The fourth-order valence-corrected chi connectivity index (χ4v) is 4.58. The van der Waals surface area contributed by atoms with Gasteiger partial charge in [-0.05, 0) is 35.2 Å². The SMILES string of the molecule is COCCOc1cc(/C=C/c2cccc(-c3ccccc3)c2C#N)c(C)cc1CN1CCOC[C@H]1C(=O)O. The Morgan fingerprint density at radius 2 is 1.92 bits per heavy atom. The highest BCUT2D eigenvalue weighted by molar-refractivity contribution is 5.81. The van der Waals surface area contributed by atoms with E-state index in [0.717, 1.165) is 33.4 Å². The standard InChI is InChI=1S/C31H32N2O5/c1-22-17-26(20-33-13-14-37-21-29(33)31(34)35)30(38-16-15-36-2)18-25(22)12-11-24-9-6-10-27(28(24)19-32)23-7-4-3-5-8-23/h3-12,17-18,29H,13-16,20-21H2,1-2H3,(H,34,35)/b12-11+/t29-/m0/s1. The first kappa shape index (κ1) is 27.1. The number of carbonyl (C=O) groups is 1. The second-order valence-electron chi connectivity index (χ2n) is 9.14. The molecule has 1 aliphatic heterocycles. The van der Waals surface area contributed by atoms with Crippen LogP contribution >= 0.6 is 0 Å². The van der Waals surface area contributed by atoms with Gasteiger partial charge in [-0.2, -0.15) is 5.26 Å². The number of benzene rings is 3. The molecule has 0 aliphatic carbocycles. The van der Waals surface area contributed by atoms with Crippen molar-refractivity contribution < 1.29 is 24.1 Å². The Morgan fingerprint density at radius 1 is 1.13 bits per heavy atom. The topological polar surface area (TPSA) is 92.0 Å². The molecule has 38 heavy (non-hydrogen) atoms. The van der Waals surface area contributed by atoms with Gasteiger partial charge in [-0.15, -0.1) is 0 Å². The summed E-state index contributed by atoms with van der Waals surface area (Å²) in [6, 6.07) is 21.4. The number of nitrogens with zero attached hydrogens (tertiary/aromatic N) is 2. The molecule has 3 aromatic rings. The minimum Gasteiger partial charge on any atom is -0.491 e. The molecule has 7 nitrogen and oxygen atoms in total. The fraction of sp³-hybridized carbons (Fsp3) is 0.290. The zero-order valence-electron chi connectivity index (χ0n) is 21.7. The molecule has 0 spiro atoms. The summed E-state index contributed by atoms with van der Waals surface area (Å²) in [5.74, 6) is -0.213. The normalized spacial score (nSPS) is 15.9. The summed E-state index contributed by atoms with van der Waals surface area (Å²) < 4.78 is 16.6. The molecule has 1 aliphatic rings. The van der Waals surface area contributed by atoms with E-state index in [1.807, 2.05) is 84.6 Å². The second-order valence-corrected chi connectivity index (χ2v) is 9.14. The Kier molecular flexibility index (Phi) is 9.28. The summed E-state index contributed by atoms with van der Waals surface area (Å²) in [7, 11) is 1.62. The second kappa shape index (κ2) is 13.0. The fourth-order valence-electron chi connectivity index (χ4n) is 4.58. The number of nitriles is 1. The molecule has 0 aromatic heterocycles. The van der Waals surface area contributed by atoms with Crippen molar-refractivity contribution in [3.8, 4) is 22.9 Å². The van der Waals surface area contributed by atoms with Crippen molar-refractivity contribution in [3.63, 3.8) is 0 Å². The van der Waals surface area contributed by atoms with Gasteiger partial charge in [0.1, 0.15) is 24.5 Å². The molecule has 1 fully saturated rings. The highest BCUT2D eigenvalue weighted by Gasteiger charge is 2.30. The average molecular weight is 513 g/mol. The lowest BCUT2D eigenvalue weighted by atomic mass is 9.95. The van der Waals surface area contributed by atoms with Crippen LogP contribution in [-0.2, 0) is 20.8 Å². The Bertz CT molecular complexity index is 1330. The van der Waals surface area contributed by atoms with Gasteiger partial charge in [0.25, 0.3) is 0 Å². The highest BCUT2D eigenvalue weighted by atomic mass is 16.5. The summed E-state index contributed by atoms with van der Waals surface area (Å²) in [5.41, 5.74) is 6.22. The van der Waals surface area contributed by atoms with Crippen molar-refractivity contribution in [2.75, 3.05) is 40.1 Å². The van der Waals surface area contributed by atoms with Crippen LogP contribution in [0.5, 0.6) is 5.75 Å². The highest BCUT2D eigenvalue weighted by Crippen LogP contribution is 2.30. The summed E-state index contributed by atoms with van der Waals surface area (Å²) in [6.07, 6.45) is 3.94. The van der Waals surface area contributed by atoms with Gasteiger partial charge in [0.15, 0.2) is 0 Å². The van der Waals surface area contributed by atoms with Gasteiger partial charge < -0.3 is 19.3 Å². The van der Waals surface area contributed by atoms with Crippen LogP contribution in [0.4, 0.5) is 0 Å². The van der Waals surface area contributed by atoms with E-state index in [4.69, 9.17) is 14.2 Å². The van der Waals surface area contributed by atoms with E-state index in [9.17, 15) is 15.2 Å². The molecule has 0 radical (unpaired) electrons. The number of morpholine rings is 1. The third kappa shape index (κ3) is 6.48. The largest absolute Gasteiger partial charge is 0.491 e. The van der Waals surface area contributed by atoms with Crippen molar-refractivity contribution in [2.45, 2.75) is 19.5 Å². The summed E-state index contributed by atoms with van der Waals surface area (Å²) >= 11 is 0. The predicted octanol–water partition coefficient (Wildman–Crippen LogP) is 5.01. The van der Waals surface area contributed by atoms with Crippen LogP contribution in [0.15, 0.2) is 60.7 Å². The molecule has 1 N–H and O–H groups in total. The molecule has 0 bridgehead atoms. The number of methoxy groups -OCH3 is 1. The number of carboxylic acid groups (broad SMARTS) is 1. The quantitative estimate of drug-likeness (QED) is 0.301. The van der Waals surface area contributed by atoms with E-state index in [1.54, 1.807) is 7.11 Å². The Morgan fingerprint density at radius 3 is 2.66 bits per heavy atom. The Balaban J connectivity index is 1.66. The maximum absolute atomic E-state index is 11.8. The number of aliphatic carboxylic acids is 1. The first-order valence-corrected chi connectivity index (χ1v) is 12.6. The van der Waals surface area contributed by atoms with Crippen LogP contribution in [0.3, 0.4) is 0 Å². The van der Waals surface area contributed by atoms with Gasteiger partial charge >= 0.3 is 5.97 Å². The van der Waals surface area contributed by atoms with E-state index in [1.165, 1.54) is 0 Å². The van der Waals surface area contributed by atoms with Crippen LogP contribution in [0.1, 0.15) is 27.8 Å². The number of aryl methyl sites for hydroxylation is 1. The van der Waals surface area contributed by atoms with E-state index in [2.05, 4.69) is 6.07 Å². The number of hydrogen-bond acceptors (Lipinski definition) is 6. The van der Waals surface area contributed by atoms with E-state index >= 15 is 0 Å². The summed E-state index contributed by atoms with van der Waals surface area (Å²) in [4.78, 5) is 13.7. The molecular weight excluding hydrogens is 480 g/mol. The zero-order chi connectivity index (χ0) is 26.9. The molecular formula is C31H32N2O5. The molecule has 7 heteroatoms. The monoisotopic (exact) mass is 512 g/mol. The number of carboxylic acids is 1. The lowest BCUT2D eigenvalue weighted by Crippen LogP contribution is -2.49. The van der Waals surface area contributed by atoms with Gasteiger partial charge in [-0.1, -0.05) is 66.7 Å². The third-order valence-electron chi connectivity index (χ3n) is 6.63. The molecule has 4 rings (SSSR count). The van der Waals surface area contributed by atoms with Crippen LogP contribution in [0, 0.1) is 18.3 Å². The lowest BCUT2D eigenvalue weighted by Gasteiger charge is -2.33. The number of hydrogen-bond donors (Lipinski definition) is 1. The predicted molar refractivity (Wildman–Crippen MR) is 147 cm³/mol. The van der Waals surface area contributed by atoms with E-state index < -0.39 is 12.0 Å². The minimum absolute atomic E-state index is 0.165. The van der Waals surface area contributed by atoms with Gasteiger partial charge in [0.05, 0.1) is 25.4 Å². The first-order chi connectivity index (χ1) is 18.5. The number of ether oxygens (including phenoxy) is 3. The van der Waals surface area contributed by atoms with Crippen LogP contribution in [0.25, 0.3) is 23.3 Å². The van der Waals surface area contributed by atoms with Crippen LogP contribution in [-0.4, -0.2) is 62.1 Å². The molecule has 1 heterocycles.